The van der Waals surface area contributed by atoms with E-state index in [9.17, 15) is 15.2 Å². The predicted molar refractivity (Wildman–Crippen MR) is 113 cm³/mol. The van der Waals surface area contributed by atoms with E-state index in [1.165, 1.54) is 0 Å². The maximum atomic E-state index is 13.5. The molecule has 2 aromatic carbocycles. The van der Waals surface area contributed by atoms with Crippen LogP contribution in [0, 0.1) is 11.3 Å². The summed E-state index contributed by atoms with van der Waals surface area (Å²) in [6.45, 7) is 6.92. The first kappa shape index (κ1) is 20.8. The van der Waals surface area contributed by atoms with Crippen LogP contribution in [-0.2, 0) is 10.4 Å². The summed E-state index contributed by atoms with van der Waals surface area (Å²) >= 11 is 9.81. The third kappa shape index (κ3) is 3.33. The standard InChI is InChI=1S/C21H21BrClN3O2/c1-3-25(4-2)9-10-26-18-12-14(13-24)11-16(22)19(18)21(28,20(26)27)15-7-5-6-8-17(15)23/h5-8,11-12,28H,3-4,9-10H2,1-2H3. The van der Waals surface area contributed by atoms with Crippen molar-refractivity contribution in [2.45, 2.75) is 19.4 Å². The van der Waals surface area contributed by atoms with Gasteiger partial charge in [0, 0.05) is 33.7 Å². The van der Waals surface area contributed by atoms with Crippen LogP contribution >= 0.6 is 27.5 Å². The fraction of sp³-hybridized carbons (Fsp3) is 0.333. The zero-order chi connectivity index (χ0) is 20.5. The molecule has 1 atom stereocenters. The summed E-state index contributed by atoms with van der Waals surface area (Å²) in [5.41, 5.74) is -0.216. The monoisotopic (exact) mass is 461 g/mol. The molecule has 0 saturated carbocycles. The van der Waals surface area contributed by atoms with Gasteiger partial charge in [-0.25, -0.2) is 0 Å². The number of aliphatic hydroxyl groups is 1. The maximum absolute atomic E-state index is 13.5. The van der Waals surface area contributed by atoms with Crippen molar-refractivity contribution in [3.63, 3.8) is 0 Å². The quantitative estimate of drug-likeness (QED) is 0.707. The van der Waals surface area contributed by atoms with E-state index < -0.39 is 11.5 Å². The largest absolute Gasteiger partial charge is 0.372 e. The number of likely N-dealkylation sites (N-methyl/N-ethyl adjacent to an activating group) is 1. The summed E-state index contributed by atoms with van der Waals surface area (Å²) in [7, 11) is 0. The van der Waals surface area contributed by atoms with Crippen molar-refractivity contribution in [2.75, 3.05) is 31.1 Å². The number of amides is 1. The zero-order valence-electron chi connectivity index (χ0n) is 15.7. The summed E-state index contributed by atoms with van der Waals surface area (Å²) in [6, 6.07) is 12.2. The zero-order valence-corrected chi connectivity index (χ0v) is 18.1. The fourth-order valence-electron chi connectivity index (χ4n) is 3.65. The average molecular weight is 463 g/mol. The van der Waals surface area contributed by atoms with Gasteiger partial charge >= 0.3 is 0 Å². The first-order valence-electron chi connectivity index (χ1n) is 9.14. The van der Waals surface area contributed by atoms with Crippen LogP contribution in [0.4, 0.5) is 5.69 Å². The van der Waals surface area contributed by atoms with E-state index >= 15 is 0 Å². The van der Waals surface area contributed by atoms with Gasteiger partial charge in [0.25, 0.3) is 5.91 Å². The number of carbonyl (C=O) groups is 1. The van der Waals surface area contributed by atoms with Crippen molar-refractivity contribution in [2.24, 2.45) is 0 Å². The van der Waals surface area contributed by atoms with Crippen LogP contribution in [0.25, 0.3) is 0 Å². The summed E-state index contributed by atoms with van der Waals surface area (Å²) < 4.78 is 0.502. The molecule has 0 saturated heterocycles. The molecule has 7 heteroatoms. The molecular formula is C21H21BrClN3O2. The molecule has 0 radical (unpaired) electrons. The molecule has 3 rings (SSSR count). The summed E-state index contributed by atoms with van der Waals surface area (Å²) in [5.74, 6) is -0.460. The number of rotatable bonds is 6. The highest BCUT2D eigenvalue weighted by atomic mass is 79.9. The van der Waals surface area contributed by atoms with Gasteiger partial charge in [-0.05, 0) is 31.3 Å². The second-order valence-corrected chi connectivity index (χ2v) is 7.90. The third-order valence-corrected chi connectivity index (χ3v) is 6.16. The van der Waals surface area contributed by atoms with Crippen molar-refractivity contribution in [1.82, 2.24) is 4.90 Å². The van der Waals surface area contributed by atoms with Gasteiger partial charge in [0.05, 0.1) is 17.3 Å². The topological polar surface area (TPSA) is 67.6 Å². The van der Waals surface area contributed by atoms with Gasteiger partial charge in [-0.3, -0.25) is 4.79 Å². The van der Waals surface area contributed by atoms with Gasteiger partial charge in [-0.1, -0.05) is 59.6 Å². The van der Waals surface area contributed by atoms with E-state index in [-0.39, 0.29) is 0 Å². The fourth-order valence-corrected chi connectivity index (χ4v) is 4.66. The van der Waals surface area contributed by atoms with Gasteiger partial charge in [-0.15, -0.1) is 0 Å². The minimum atomic E-state index is -1.91. The highest BCUT2D eigenvalue weighted by Gasteiger charge is 2.53. The minimum Gasteiger partial charge on any atom is -0.372 e. The molecule has 1 aliphatic heterocycles. The van der Waals surface area contributed by atoms with Crippen molar-refractivity contribution >= 4 is 39.1 Å². The number of hydrogen-bond donors (Lipinski definition) is 1. The van der Waals surface area contributed by atoms with Crippen LogP contribution in [0.15, 0.2) is 40.9 Å². The molecule has 1 heterocycles. The Hall–Kier alpha value is -1.91. The van der Waals surface area contributed by atoms with E-state index in [4.69, 9.17) is 11.6 Å². The number of halogens is 2. The maximum Gasteiger partial charge on any atom is 0.268 e. The van der Waals surface area contributed by atoms with Crippen LogP contribution in [0.5, 0.6) is 0 Å². The lowest BCUT2D eigenvalue weighted by atomic mass is 9.87. The lowest BCUT2D eigenvalue weighted by Gasteiger charge is -2.26. The molecule has 0 spiro atoms. The van der Waals surface area contributed by atoms with E-state index in [0.29, 0.717) is 45.0 Å². The Bertz CT molecular complexity index is 955. The normalized spacial score (nSPS) is 18.5. The number of anilines is 1. The highest BCUT2D eigenvalue weighted by Crippen LogP contribution is 2.49. The Morgan fingerprint density at radius 3 is 2.57 bits per heavy atom. The number of fused-ring (bicyclic) bond motifs is 1. The lowest BCUT2D eigenvalue weighted by molar-refractivity contribution is -0.132. The molecule has 1 aliphatic rings. The SMILES string of the molecule is CCN(CC)CCN1C(=O)C(O)(c2ccccc2Cl)c2c(Br)cc(C#N)cc21. The van der Waals surface area contributed by atoms with Crippen LogP contribution < -0.4 is 4.90 Å². The summed E-state index contributed by atoms with van der Waals surface area (Å²) in [5, 5.41) is 21.3. The van der Waals surface area contributed by atoms with Crippen LogP contribution in [0.3, 0.4) is 0 Å². The average Bonchev–Trinajstić information content (AvgIpc) is 2.91. The number of nitrogens with zero attached hydrogens (tertiary/aromatic N) is 3. The lowest BCUT2D eigenvalue weighted by Crippen LogP contribution is -2.44. The highest BCUT2D eigenvalue weighted by molar-refractivity contribution is 9.10. The number of hydrogen-bond acceptors (Lipinski definition) is 4. The van der Waals surface area contributed by atoms with E-state index in [0.717, 1.165) is 13.1 Å². The Kier molecular flexibility index (Phi) is 6.11. The second-order valence-electron chi connectivity index (χ2n) is 6.64. The molecule has 28 heavy (non-hydrogen) atoms. The Balaban J connectivity index is 2.17. The minimum absolute atomic E-state index is 0.311. The van der Waals surface area contributed by atoms with Crippen molar-refractivity contribution in [3.05, 3.63) is 62.6 Å². The van der Waals surface area contributed by atoms with Crippen molar-refractivity contribution in [1.29, 1.82) is 5.26 Å². The summed E-state index contributed by atoms with van der Waals surface area (Å²) in [6.07, 6.45) is 0. The predicted octanol–water partition coefficient (Wildman–Crippen LogP) is 3.90. The molecule has 0 bridgehead atoms. The molecule has 0 aliphatic carbocycles. The smallest absolute Gasteiger partial charge is 0.268 e. The molecule has 1 N–H and O–H groups in total. The van der Waals surface area contributed by atoms with E-state index in [1.54, 1.807) is 41.3 Å². The molecule has 0 fully saturated rings. The molecular weight excluding hydrogens is 442 g/mol. The molecule has 146 valence electrons. The molecule has 1 unspecified atom stereocenters. The molecule has 1 amide bonds. The molecule has 2 aromatic rings. The third-order valence-electron chi connectivity index (χ3n) is 5.20. The molecule has 5 nitrogen and oxygen atoms in total. The van der Waals surface area contributed by atoms with Gasteiger partial charge in [0.15, 0.2) is 5.60 Å². The number of nitriles is 1. The van der Waals surface area contributed by atoms with Crippen molar-refractivity contribution < 1.29 is 9.90 Å². The summed E-state index contributed by atoms with van der Waals surface area (Å²) in [4.78, 5) is 17.2. The van der Waals surface area contributed by atoms with Crippen LogP contribution in [0.2, 0.25) is 5.02 Å². The van der Waals surface area contributed by atoms with Crippen LogP contribution in [-0.4, -0.2) is 42.1 Å². The van der Waals surface area contributed by atoms with Gasteiger partial charge in [-0.2, -0.15) is 5.26 Å². The number of benzene rings is 2. The van der Waals surface area contributed by atoms with Crippen LogP contribution in [0.1, 0.15) is 30.5 Å². The van der Waals surface area contributed by atoms with Gasteiger partial charge < -0.3 is 14.9 Å². The Morgan fingerprint density at radius 2 is 1.96 bits per heavy atom. The first-order chi connectivity index (χ1) is 13.4. The van der Waals surface area contributed by atoms with E-state index in [1.807, 2.05) is 0 Å². The van der Waals surface area contributed by atoms with Crippen molar-refractivity contribution in [3.8, 4) is 6.07 Å². The van der Waals surface area contributed by atoms with Gasteiger partial charge in [0.2, 0.25) is 0 Å². The Labute approximate surface area is 178 Å². The molecule has 0 aromatic heterocycles. The van der Waals surface area contributed by atoms with E-state index in [2.05, 4.69) is 40.7 Å². The van der Waals surface area contributed by atoms with Gasteiger partial charge in [0.1, 0.15) is 0 Å². The Morgan fingerprint density at radius 1 is 1.29 bits per heavy atom. The number of carbonyl (C=O) groups excluding carboxylic acids is 1. The second kappa shape index (κ2) is 8.22. The first-order valence-corrected chi connectivity index (χ1v) is 10.3.